The third kappa shape index (κ3) is 2.18. The van der Waals surface area contributed by atoms with Gasteiger partial charge in [-0.1, -0.05) is 6.07 Å². The van der Waals surface area contributed by atoms with E-state index in [1.807, 2.05) is 6.92 Å². The highest BCUT2D eigenvalue weighted by Crippen LogP contribution is 2.31. The van der Waals surface area contributed by atoms with E-state index < -0.39 is 10.0 Å². The van der Waals surface area contributed by atoms with Crippen LogP contribution < -0.4 is 9.88 Å². The van der Waals surface area contributed by atoms with E-state index in [-0.39, 0.29) is 11.2 Å². The molecular formula is C10H13NO4S. The number of benzene rings is 1. The second-order valence-corrected chi connectivity index (χ2v) is 5.08. The van der Waals surface area contributed by atoms with Gasteiger partial charge in [-0.2, -0.15) is 0 Å². The molecule has 0 saturated heterocycles. The molecule has 1 aliphatic rings. The quantitative estimate of drug-likeness (QED) is 0.844. The number of hydrogen-bond acceptors (Lipinski definition) is 4. The van der Waals surface area contributed by atoms with E-state index in [4.69, 9.17) is 14.6 Å². The lowest BCUT2D eigenvalue weighted by Crippen LogP contribution is -2.17. The van der Waals surface area contributed by atoms with Crippen molar-refractivity contribution in [3.63, 3.8) is 0 Å². The molecule has 1 aromatic carbocycles. The minimum absolute atomic E-state index is 0.0587. The van der Waals surface area contributed by atoms with Crippen LogP contribution in [0.15, 0.2) is 23.1 Å². The monoisotopic (exact) mass is 243 g/mol. The first kappa shape index (κ1) is 11.4. The SMILES string of the molecule is CCOC1Cc2ccc(S(N)(=O)=O)cc2O1. The predicted octanol–water partition coefficient (Wildman–Crippen LogP) is 0.631. The lowest BCUT2D eigenvalue weighted by molar-refractivity contribution is -0.0603. The number of hydrogen-bond donors (Lipinski definition) is 1. The second kappa shape index (κ2) is 4.04. The summed E-state index contributed by atoms with van der Waals surface area (Å²) in [6.07, 6.45) is 0.310. The van der Waals surface area contributed by atoms with Crippen LogP contribution in [0.25, 0.3) is 0 Å². The molecule has 1 unspecified atom stereocenters. The summed E-state index contributed by atoms with van der Waals surface area (Å²) in [5, 5.41) is 5.03. The van der Waals surface area contributed by atoms with Gasteiger partial charge in [-0.05, 0) is 13.0 Å². The fourth-order valence-electron chi connectivity index (χ4n) is 1.63. The molecule has 0 aliphatic carbocycles. The topological polar surface area (TPSA) is 78.6 Å². The van der Waals surface area contributed by atoms with Crippen molar-refractivity contribution in [1.29, 1.82) is 0 Å². The van der Waals surface area contributed by atoms with Crippen molar-refractivity contribution in [1.82, 2.24) is 0 Å². The van der Waals surface area contributed by atoms with Crippen LogP contribution in [0.3, 0.4) is 0 Å². The third-order valence-corrected chi connectivity index (χ3v) is 3.28. The van der Waals surface area contributed by atoms with Crippen molar-refractivity contribution in [2.75, 3.05) is 6.61 Å². The smallest absolute Gasteiger partial charge is 0.238 e. The van der Waals surface area contributed by atoms with E-state index in [2.05, 4.69) is 0 Å². The molecule has 2 rings (SSSR count). The van der Waals surface area contributed by atoms with Crippen LogP contribution in [-0.4, -0.2) is 21.3 Å². The van der Waals surface area contributed by atoms with Crippen LogP contribution in [0.1, 0.15) is 12.5 Å². The number of ether oxygens (including phenoxy) is 2. The van der Waals surface area contributed by atoms with Gasteiger partial charge in [0.05, 0.1) is 4.90 Å². The molecule has 1 aromatic rings. The van der Waals surface area contributed by atoms with Gasteiger partial charge < -0.3 is 9.47 Å². The molecule has 0 bridgehead atoms. The summed E-state index contributed by atoms with van der Waals surface area (Å²) >= 11 is 0. The zero-order valence-electron chi connectivity index (χ0n) is 8.84. The average molecular weight is 243 g/mol. The highest BCUT2D eigenvalue weighted by Gasteiger charge is 2.24. The van der Waals surface area contributed by atoms with Gasteiger partial charge in [0, 0.05) is 24.7 Å². The summed E-state index contributed by atoms with van der Waals surface area (Å²) in [6, 6.07) is 4.61. The summed E-state index contributed by atoms with van der Waals surface area (Å²) in [6.45, 7) is 2.43. The predicted molar refractivity (Wildman–Crippen MR) is 57.6 cm³/mol. The van der Waals surface area contributed by atoms with E-state index in [9.17, 15) is 8.42 Å². The number of fused-ring (bicyclic) bond motifs is 1. The summed E-state index contributed by atoms with van der Waals surface area (Å²) in [5.41, 5.74) is 0.936. The fourth-order valence-corrected chi connectivity index (χ4v) is 2.16. The standard InChI is InChI=1S/C10H13NO4S/c1-2-14-10-5-7-3-4-8(16(11,12)13)6-9(7)15-10/h3-4,6,10H,2,5H2,1H3,(H2,11,12,13). The van der Waals surface area contributed by atoms with Crippen molar-refractivity contribution in [2.24, 2.45) is 5.14 Å². The van der Waals surface area contributed by atoms with Crippen LogP contribution in [0.4, 0.5) is 0 Å². The Morgan fingerprint density at radius 3 is 2.94 bits per heavy atom. The highest BCUT2D eigenvalue weighted by atomic mass is 32.2. The van der Waals surface area contributed by atoms with Crippen LogP contribution in [0, 0.1) is 0 Å². The molecule has 6 heteroatoms. The Hall–Kier alpha value is -1.11. The molecule has 16 heavy (non-hydrogen) atoms. The largest absolute Gasteiger partial charge is 0.464 e. The summed E-state index contributed by atoms with van der Waals surface area (Å²) < 4.78 is 33.0. The molecule has 1 aliphatic heterocycles. The maximum absolute atomic E-state index is 11.1. The molecule has 0 spiro atoms. The lowest BCUT2D eigenvalue weighted by atomic mass is 10.2. The third-order valence-electron chi connectivity index (χ3n) is 2.36. The second-order valence-electron chi connectivity index (χ2n) is 3.52. The zero-order valence-corrected chi connectivity index (χ0v) is 9.66. The molecule has 5 nitrogen and oxygen atoms in total. The maximum atomic E-state index is 11.1. The van der Waals surface area contributed by atoms with E-state index in [0.717, 1.165) is 5.56 Å². The van der Waals surface area contributed by atoms with E-state index in [1.165, 1.54) is 12.1 Å². The van der Waals surface area contributed by atoms with E-state index >= 15 is 0 Å². The van der Waals surface area contributed by atoms with Gasteiger partial charge in [-0.3, -0.25) is 0 Å². The summed E-state index contributed by atoms with van der Waals surface area (Å²) in [4.78, 5) is 0.0587. The zero-order chi connectivity index (χ0) is 11.8. The molecule has 1 heterocycles. The Kier molecular flexibility index (Phi) is 2.88. The molecule has 0 amide bonds. The van der Waals surface area contributed by atoms with Crippen LogP contribution in [-0.2, 0) is 21.2 Å². The van der Waals surface area contributed by atoms with Gasteiger partial charge in [-0.25, -0.2) is 13.6 Å². The molecule has 1 atom stereocenters. The van der Waals surface area contributed by atoms with E-state index in [1.54, 1.807) is 6.07 Å². The van der Waals surface area contributed by atoms with E-state index in [0.29, 0.717) is 18.8 Å². The van der Waals surface area contributed by atoms with Crippen molar-refractivity contribution in [3.05, 3.63) is 23.8 Å². The molecule has 88 valence electrons. The molecule has 0 fully saturated rings. The molecule has 0 saturated carbocycles. The molecule has 0 radical (unpaired) electrons. The van der Waals surface area contributed by atoms with Crippen molar-refractivity contribution >= 4 is 10.0 Å². The Morgan fingerprint density at radius 1 is 1.56 bits per heavy atom. The Labute approximate surface area is 94.2 Å². The first-order valence-corrected chi connectivity index (χ1v) is 6.49. The van der Waals surface area contributed by atoms with Gasteiger partial charge in [0.15, 0.2) is 0 Å². The minimum atomic E-state index is -3.67. The maximum Gasteiger partial charge on any atom is 0.238 e. The molecule has 2 N–H and O–H groups in total. The minimum Gasteiger partial charge on any atom is -0.464 e. The van der Waals surface area contributed by atoms with Crippen molar-refractivity contribution < 1.29 is 17.9 Å². The molecule has 0 aromatic heterocycles. The van der Waals surface area contributed by atoms with Gasteiger partial charge in [-0.15, -0.1) is 0 Å². The number of nitrogens with two attached hydrogens (primary N) is 1. The first-order valence-electron chi connectivity index (χ1n) is 4.94. The van der Waals surface area contributed by atoms with Crippen LogP contribution in [0.2, 0.25) is 0 Å². The molecular weight excluding hydrogens is 230 g/mol. The van der Waals surface area contributed by atoms with Crippen molar-refractivity contribution in [3.8, 4) is 5.75 Å². The van der Waals surface area contributed by atoms with Gasteiger partial charge in [0.1, 0.15) is 5.75 Å². The highest BCUT2D eigenvalue weighted by molar-refractivity contribution is 7.89. The fraction of sp³-hybridized carbons (Fsp3) is 0.400. The average Bonchev–Trinajstić information content (AvgIpc) is 2.57. The number of primary sulfonamides is 1. The Morgan fingerprint density at radius 2 is 2.31 bits per heavy atom. The Bertz CT molecular complexity index is 498. The number of sulfonamides is 1. The van der Waals surface area contributed by atoms with Crippen LogP contribution >= 0.6 is 0 Å². The lowest BCUT2D eigenvalue weighted by Gasteiger charge is -2.09. The van der Waals surface area contributed by atoms with Gasteiger partial charge in [0.2, 0.25) is 16.3 Å². The van der Waals surface area contributed by atoms with Crippen molar-refractivity contribution in [2.45, 2.75) is 24.5 Å². The first-order chi connectivity index (χ1) is 7.50. The number of rotatable bonds is 3. The van der Waals surface area contributed by atoms with Gasteiger partial charge >= 0.3 is 0 Å². The Balaban J connectivity index is 2.28. The summed E-state index contributed by atoms with van der Waals surface area (Å²) in [5.74, 6) is 0.532. The summed E-state index contributed by atoms with van der Waals surface area (Å²) in [7, 11) is -3.67. The van der Waals surface area contributed by atoms with Crippen LogP contribution in [0.5, 0.6) is 5.75 Å². The normalized spacial score (nSPS) is 19.2. The van der Waals surface area contributed by atoms with Gasteiger partial charge in [0.25, 0.3) is 0 Å².